The van der Waals surface area contributed by atoms with Crippen LogP contribution in [0.2, 0.25) is 0 Å². The Morgan fingerprint density at radius 2 is 1.35 bits per heavy atom. The van der Waals surface area contributed by atoms with Gasteiger partial charge in [0.05, 0.1) is 0 Å². The summed E-state index contributed by atoms with van der Waals surface area (Å²) in [6.45, 7) is 3.86. The van der Waals surface area contributed by atoms with Gasteiger partial charge in [-0.1, -0.05) is 44.6 Å². The average molecular weight is 276 g/mol. The summed E-state index contributed by atoms with van der Waals surface area (Å²) in [6.07, 6.45) is 18.8. The number of hydrogen-bond donors (Lipinski definition) is 0. The maximum atomic E-state index is 11.2. The van der Waals surface area contributed by atoms with E-state index in [4.69, 9.17) is 0 Å². The van der Waals surface area contributed by atoms with Crippen molar-refractivity contribution in [1.82, 2.24) is 0 Å². The number of rotatable bonds is 7. The Labute approximate surface area is 125 Å². The van der Waals surface area contributed by atoms with Crippen LogP contribution in [-0.4, -0.2) is 5.78 Å². The van der Waals surface area contributed by atoms with Crippen molar-refractivity contribution in [2.45, 2.75) is 83.5 Å². The van der Waals surface area contributed by atoms with Crippen LogP contribution in [0.25, 0.3) is 0 Å². The first-order chi connectivity index (χ1) is 9.78. The second-order valence-corrected chi connectivity index (χ2v) is 7.18. The fourth-order valence-electron chi connectivity index (χ4n) is 4.15. The summed E-state index contributed by atoms with van der Waals surface area (Å²) in [4.78, 5) is 11.2. The zero-order valence-electron chi connectivity index (χ0n) is 13.1. The number of ketones is 1. The molecule has 0 heterocycles. The minimum absolute atomic E-state index is 0.498. The number of hydrogen-bond acceptors (Lipinski definition) is 1. The van der Waals surface area contributed by atoms with Crippen molar-refractivity contribution in [2.24, 2.45) is 17.8 Å². The van der Waals surface area contributed by atoms with E-state index in [1.807, 2.05) is 0 Å². The lowest BCUT2D eigenvalue weighted by Gasteiger charge is -2.28. The Hall–Kier alpha value is -0.590. The SMILES string of the molecule is C=CCC1CCC(CCCCC2CCC(=O)CC2)CC1. The Morgan fingerprint density at radius 1 is 0.850 bits per heavy atom. The molecular weight excluding hydrogens is 244 g/mol. The van der Waals surface area contributed by atoms with E-state index in [-0.39, 0.29) is 0 Å². The van der Waals surface area contributed by atoms with Gasteiger partial charge in [0.15, 0.2) is 0 Å². The molecule has 0 amide bonds. The van der Waals surface area contributed by atoms with E-state index in [9.17, 15) is 4.79 Å². The molecule has 0 saturated heterocycles. The van der Waals surface area contributed by atoms with Crippen LogP contribution in [0, 0.1) is 17.8 Å². The Bertz CT molecular complexity index is 289. The monoisotopic (exact) mass is 276 g/mol. The predicted molar refractivity (Wildman–Crippen MR) is 85.7 cm³/mol. The summed E-state index contributed by atoms with van der Waals surface area (Å²) in [5, 5.41) is 0. The van der Waals surface area contributed by atoms with E-state index in [0.29, 0.717) is 5.78 Å². The predicted octanol–water partition coefficient (Wildman–Crippen LogP) is 5.69. The highest BCUT2D eigenvalue weighted by Gasteiger charge is 2.21. The lowest BCUT2D eigenvalue weighted by atomic mass is 9.78. The van der Waals surface area contributed by atoms with Gasteiger partial charge in [-0.25, -0.2) is 0 Å². The largest absolute Gasteiger partial charge is 0.300 e. The molecule has 0 aromatic heterocycles. The van der Waals surface area contributed by atoms with Crippen LogP contribution in [-0.2, 0) is 4.79 Å². The van der Waals surface area contributed by atoms with E-state index in [1.54, 1.807) is 0 Å². The maximum Gasteiger partial charge on any atom is 0.132 e. The molecule has 1 heteroatoms. The van der Waals surface area contributed by atoms with Gasteiger partial charge in [0.25, 0.3) is 0 Å². The van der Waals surface area contributed by atoms with Crippen LogP contribution in [0.3, 0.4) is 0 Å². The molecule has 0 spiro atoms. The topological polar surface area (TPSA) is 17.1 Å². The minimum Gasteiger partial charge on any atom is -0.300 e. The Kier molecular flexibility index (Phi) is 6.82. The van der Waals surface area contributed by atoms with Crippen molar-refractivity contribution < 1.29 is 4.79 Å². The summed E-state index contributed by atoms with van der Waals surface area (Å²) in [6, 6.07) is 0. The molecule has 0 aromatic rings. The van der Waals surface area contributed by atoms with E-state index in [0.717, 1.165) is 30.6 Å². The van der Waals surface area contributed by atoms with Crippen LogP contribution >= 0.6 is 0 Å². The molecule has 0 atom stereocenters. The van der Waals surface area contributed by atoms with E-state index >= 15 is 0 Å². The van der Waals surface area contributed by atoms with Crippen molar-refractivity contribution in [2.75, 3.05) is 0 Å². The lowest BCUT2D eigenvalue weighted by Crippen LogP contribution is -2.15. The quantitative estimate of drug-likeness (QED) is 0.431. The lowest BCUT2D eigenvalue weighted by molar-refractivity contribution is -0.121. The number of unbranched alkanes of at least 4 members (excludes halogenated alkanes) is 1. The Morgan fingerprint density at radius 3 is 1.90 bits per heavy atom. The van der Waals surface area contributed by atoms with Crippen molar-refractivity contribution in [1.29, 1.82) is 0 Å². The van der Waals surface area contributed by atoms with Crippen molar-refractivity contribution in [3.05, 3.63) is 12.7 Å². The second kappa shape index (κ2) is 8.64. The fourth-order valence-corrected chi connectivity index (χ4v) is 4.15. The van der Waals surface area contributed by atoms with Gasteiger partial charge in [-0.15, -0.1) is 6.58 Å². The summed E-state index contributed by atoms with van der Waals surface area (Å²) >= 11 is 0. The summed E-state index contributed by atoms with van der Waals surface area (Å²) < 4.78 is 0. The number of allylic oxidation sites excluding steroid dienone is 1. The molecule has 1 nitrogen and oxygen atoms in total. The van der Waals surface area contributed by atoms with Gasteiger partial charge in [0.1, 0.15) is 5.78 Å². The van der Waals surface area contributed by atoms with Gasteiger partial charge in [-0.3, -0.25) is 4.79 Å². The van der Waals surface area contributed by atoms with Crippen LogP contribution < -0.4 is 0 Å². The molecule has 0 radical (unpaired) electrons. The zero-order valence-corrected chi connectivity index (χ0v) is 13.1. The van der Waals surface area contributed by atoms with Gasteiger partial charge in [-0.2, -0.15) is 0 Å². The highest BCUT2D eigenvalue weighted by atomic mass is 16.1. The van der Waals surface area contributed by atoms with Crippen molar-refractivity contribution in [3.63, 3.8) is 0 Å². The third kappa shape index (κ3) is 5.42. The maximum absolute atomic E-state index is 11.2. The fraction of sp³-hybridized carbons (Fsp3) is 0.842. The standard InChI is InChI=1S/C19H32O/c1-2-5-16-8-10-17(11-9-16)6-3-4-7-18-12-14-19(20)15-13-18/h2,16-18H,1,3-15H2. The molecule has 20 heavy (non-hydrogen) atoms. The molecule has 0 N–H and O–H groups in total. The normalized spacial score (nSPS) is 28.5. The van der Waals surface area contributed by atoms with Crippen LogP contribution in [0.1, 0.15) is 83.5 Å². The molecule has 0 aromatic carbocycles. The summed E-state index contributed by atoms with van der Waals surface area (Å²) in [7, 11) is 0. The smallest absolute Gasteiger partial charge is 0.132 e. The molecule has 114 valence electrons. The first-order valence-electron chi connectivity index (χ1n) is 8.90. The molecular formula is C19H32O. The van der Waals surface area contributed by atoms with Crippen molar-refractivity contribution in [3.8, 4) is 0 Å². The molecule has 0 aliphatic heterocycles. The van der Waals surface area contributed by atoms with E-state index in [1.165, 1.54) is 70.6 Å². The van der Waals surface area contributed by atoms with E-state index in [2.05, 4.69) is 12.7 Å². The molecule has 2 aliphatic carbocycles. The zero-order chi connectivity index (χ0) is 14.2. The minimum atomic E-state index is 0.498. The third-order valence-electron chi connectivity index (χ3n) is 5.60. The molecule has 2 saturated carbocycles. The number of carbonyl (C=O) groups is 1. The summed E-state index contributed by atoms with van der Waals surface area (Å²) in [5.74, 6) is 3.29. The Balaban J connectivity index is 1.49. The highest BCUT2D eigenvalue weighted by Crippen LogP contribution is 2.34. The van der Waals surface area contributed by atoms with Gasteiger partial charge in [-0.05, 0) is 49.9 Å². The van der Waals surface area contributed by atoms with Crippen LogP contribution in [0.5, 0.6) is 0 Å². The van der Waals surface area contributed by atoms with E-state index < -0.39 is 0 Å². The molecule has 2 aliphatic rings. The van der Waals surface area contributed by atoms with Crippen LogP contribution in [0.4, 0.5) is 0 Å². The highest BCUT2D eigenvalue weighted by molar-refractivity contribution is 5.78. The average Bonchev–Trinajstić information content (AvgIpc) is 2.47. The first kappa shape index (κ1) is 15.8. The third-order valence-corrected chi connectivity index (χ3v) is 5.60. The molecule has 2 fully saturated rings. The van der Waals surface area contributed by atoms with Gasteiger partial charge in [0.2, 0.25) is 0 Å². The molecule has 0 unspecified atom stereocenters. The van der Waals surface area contributed by atoms with Gasteiger partial charge < -0.3 is 0 Å². The van der Waals surface area contributed by atoms with Crippen LogP contribution in [0.15, 0.2) is 12.7 Å². The second-order valence-electron chi connectivity index (χ2n) is 7.18. The van der Waals surface area contributed by atoms with Gasteiger partial charge >= 0.3 is 0 Å². The first-order valence-corrected chi connectivity index (χ1v) is 8.90. The molecule has 0 bridgehead atoms. The van der Waals surface area contributed by atoms with Gasteiger partial charge in [0, 0.05) is 12.8 Å². The summed E-state index contributed by atoms with van der Waals surface area (Å²) in [5.41, 5.74) is 0. The van der Waals surface area contributed by atoms with Crippen molar-refractivity contribution >= 4 is 5.78 Å². The number of Topliss-reactive ketones (excluding diaryl/α,β-unsaturated/α-hetero) is 1. The molecule has 2 rings (SSSR count). The number of carbonyl (C=O) groups excluding carboxylic acids is 1.